The van der Waals surface area contributed by atoms with Crippen molar-refractivity contribution in [2.45, 2.75) is 40.2 Å². The van der Waals surface area contributed by atoms with E-state index in [1.54, 1.807) is 0 Å². The maximum atomic E-state index is 12.0. The van der Waals surface area contributed by atoms with Gasteiger partial charge in [-0.05, 0) is 74.7 Å². The van der Waals surface area contributed by atoms with Crippen LogP contribution in [0.1, 0.15) is 31.4 Å². The summed E-state index contributed by atoms with van der Waals surface area (Å²) in [5, 5.41) is 2.82. The molecule has 128 valence electrons. The van der Waals surface area contributed by atoms with Crippen LogP contribution in [-0.2, 0) is 4.79 Å². The Morgan fingerprint density at radius 3 is 2.25 bits per heavy atom. The molecule has 0 saturated carbocycles. The molecule has 0 bridgehead atoms. The van der Waals surface area contributed by atoms with Gasteiger partial charge in [0.1, 0.15) is 11.5 Å². The molecule has 1 amide bonds. The summed E-state index contributed by atoms with van der Waals surface area (Å²) in [6.07, 6.45) is 1.13. The zero-order valence-corrected chi connectivity index (χ0v) is 14.8. The topological polar surface area (TPSA) is 47.6 Å². The largest absolute Gasteiger partial charge is 0.491 e. The van der Waals surface area contributed by atoms with Crippen molar-refractivity contribution in [3.8, 4) is 11.5 Å². The van der Waals surface area contributed by atoms with E-state index >= 15 is 0 Å². The van der Waals surface area contributed by atoms with E-state index < -0.39 is 0 Å². The molecule has 0 heterocycles. The smallest absolute Gasteiger partial charge is 0.262 e. The summed E-state index contributed by atoms with van der Waals surface area (Å²) in [6.45, 7) is 8.09. The lowest BCUT2D eigenvalue weighted by Gasteiger charge is -2.13. The quantitative estimate of drug-likeness (QED) is 0.814. The molecule has 1 N–H and O–H groups in total. The van der Waals surface area contributed by atoms with E-state index in [4.69, 9.17) is 9.47 Å². The Bertz CT molecular complexity index is 660. The molecular weight excluding hydrogens is 302 g/mol. The summed E-state index contributed by atoms with van der Waals surface area (Å²) in [7, 11) is 0. The van der Waals surface area contributed by atoms with Gasteiger partial charge in [-0.25, -0.2) is 0 Å². The Balaban J connectivity index is 1.85. The monoisotopic (exact) mass is 327 g/mol. The van der Waals surface area contributed by atoms with Gasteiger partial charge in [-0.3, -0.25) is 4.79 Å². The number of ether oxygens (including phenoxy) is 2. The lowest BCUT2D eigenvalue weighted by Crippen LogP contribution is -2.20. The second kappa shape index (κ2) is 8.39. The first kappa shape index (κ1) is 17.9. The van der Waals surface area contributed by atoms with Crippen molar-refractivity contribution in [2.24, 2.45) is 0 Å². The van der Waals surface area contributed by atoms with Crippen LogP contribution >= 0.6 is 0 Å². The molecule has 0 radical (unpaired) electrons. The SMILES string of the molecule is CCC(C)Oc1ccc(NC(=O)COc2cc(C)cc(C)c2)cc1. The molecule has 24 heavy (non-hydrogen) atoms. The van der Waals surface area contributed by atoms with Crippen LogP contribution in [0.25, 0.3) is 0 Å². The van der Waals surface area contributed by atoms with Crippen LogP contribution in [-0.4, -0.2) is 18.6 Å². The minimum atomic E-state index is -0.190. The van der Waals surface area contributed by atoms with Gasteiger partial charge < -0.3 is 14.8 Å². The fourth-order valence-corrected chi connectivity index (χ4v) is 2.29. The average Bonchev–Trinajstić information content (AvgIpc) is 2.54. The third kappa shape index (κ3) is 5.61. The maximum Gasteiger partial charge on any atom is 0.262 e. The van der Waals surface area contributed by atoms with E-state index in [9.17, 15) is 4.79 Å². The molecule has 1 atom stereocenters. The first-order chi connectivity index (χ1) is 11.5. The van der Waals surface area contributed by atoms with Crippen LogP contribution in [0.15, 0.2) is 42.5 Å². The lowest BCUT2D eigenvalue weighted by molar-refractivity contribution is -0.118. The van der Waals surface area contributed by atoms with Gasteiger partial charge in [-0.1, -0.05) is 13.0 Å². The number of nitrogens with one attached hydrogen (secondary N) is 1. The predicted molar refractivity (Wildman–Crippen MR) is 96.9 cm³/mol. The van der Waals surface area contributed by atoms with Gasteiger partial charge in [-0.15, -0.1) is 0 Å². The number of rotatable bonds is 7. The van der Waals surface area contributed by atoms with Crippen molar-refractivity contribution in [1.82, 2.24) is 0 Å². The fraction of sp³-hybridized carbons (Fsp3) is 0.350. The Morgan fingerprint density at radius 1 is 1.04 bits per heavy atom. The number of hydrogen-bond acceptors (Lipinski definition) is 3. The lowest BCUT2D eigenvalue weighted by atomic mass is 10.1. The maximum absolute atomic E-state index is 12.0. The van der Waals surface area contributed by atoms with Gasteiger partial charge >= 0.3 is 0 Å². The van der Waals surface area contributed by atoms with E-state index in [0.717, 1.165) is 29.0 Å². The zero-order valence-electron chi connectivity index (χ0n) is 14.8. The summed E-state index contributed by atoms with van der Waals surface area (Å²) in [6, 6.07) is 13.3. The van der Waals surface area contributed by atoms with Crippen molar-refractivity contribution < 1.29 is 14.3 Å². The molecule has 0 fully saturated rings. The first-order valence-corrected chi connectivity index (χ1v) is 8.24. The summed E-state index contributed by atoms with van der Waals surface area (Å²) in [4.78, 5) is 12.0. The van der Waals surface area contributed by atoms with Gasteiger partial charge in [-0.2, -0.15) is 0 Å². The molecular formula is C20H25NO3. The predicted octanol–water partition coefficient (Wildman–Crippen LogP) is 4.50. The second-order valence-corrected chi connectivity index (χ2v) is 6.02. The van der Waals surface area contributed by atoms with Crippen molar-refractivity contribution >= 4 is 11.6 Å². The molecule has 0 aromatic heterocycles. The summed E-state index contributed by atoms with van der Waals surface area (Å²) in [5.41, 5.74) is 2.95. The molecule has 1 unspecified atom stereocenters. The third-order valence-corrected chi connectivity index (χ3v) is 3.62. The van der Waals surface area contributed by atoms with E-state index in [1.165, 1.54) is 0 Å². The van der Waals surface area contributed by atoms with Crippen molar-refractivity contribution in [3.63, 3.8) is 0 Å². The van der Waals surface area contributed by atoms with Crippen LogP contribution in [0.2, 0.25) is 0 Å². The van der Waals surface area contributed by atoms with Crippen LogP contribution in [0, 0.1) is 13.8 Å². The standard InChI is InChI=1S/C20H25NO3/c1-5-16(4)24-18-8-6-17(7-9-18)21-20(22)13-23-19-11-14(2)10-15(3)12-19/h6-12,16H,5,13H2,1-4H3,(H,21,22). The molecule has 0 aliphatic heterocycles. The highest BCUT2D eigenvalue weighted by Gasteiger charge is 2.06. The second-order valence-electron chi connectivity index (χ2n) is 6.02. The van der Waals surface area contributed by atoms with Crippen LogP contribution in [0.5, 0.6) is 11.5 Å². The molecule has 2 aromatic rings. The van der Waals surface area contributed by atoms with Gasteiger partial charge in [0.25, 0.3) is 5.91 Å². The van der Waals surface area contributed by atoms with Crippen LogP contribution in [0.4, 0.5) is 5.69 Å². The number of anilines is 1. The number of amides is 1. The van der Waals surface area contributed by atoms with Crippen LogP contribution < -0.4 is 14.8 Å². The number of carbonyl (C=O) groups excluding carboxylic acids is 1. The van der Waals surface area contributed by atoms with Gasteiger partial charge in [0.15, 0.2) is 6.61 Å². The van der Waals surface area contributed by atoms with E-state index in [-0.39, 0.29) is 18.6 Å². The molecule has 4 nitrogen and oxygen atoms in total. The molecule has 0 saturated heterocycles. The van der Waals surface area contributed by atoms with Crippen molar-refractivity contribution in [2.75, 3.05) is 11.9 Å². The van der Waals surface area contributed by atoms with Gasteiger partial charge in [0.05, 0.1) is 6.10 Å². The normalized spacial score (nSPS) is 11.7. The molecule has 4 heteroatoms. The molecule has 2 rings (SSSR count). The Morgan fingerprint density at radius 2 is 1.67 bits per heavy atom. The number of hydrogen-bond donors (Lipinski definition) is 1. The highest BCUT2D eigenvalue weighted by atomic mass is 16.5. The van der Waals surface area contributed by atoms with Crippen molar-refractivity contribution in [3.05, 3.63) is 53.6 Å². The zero-order chi connectivity index (χ0) is 17.5. The average molecular weight is 327 g/mol. The summed E-state index contributed by atoms with van der Waals surface area (Å²) < 4.78 is 11.3. The summed E-state index contributed by atoms with van der Waals surface area (Å²) in [5.74, 6) is 1.32. The van der Waals surface area contributed by atoms with Gasteiger partial charge in [0.2, 0.25) is 0 Å². The number of aryl methyl sites for hydroxylation is 2. The number of benzene rings is 2. The third-order valence-electron chi connectivity index (χ3n) is 3.62. The van der Waals surface area contributed by atoms with Crippen LogP contribution in [0.3, 0.4) is 0 Å². The van der Waals surface area contributed by atoms with Crippen molar-refractivity contribution in [1.29, 1.82) is 0 Å². The highest BCUT2D eigenvalue weighted by molar-refractivity contribution is 5.91. The molecule has 0 aliphatic rings. The number of carbonyl (C=O) groups is 1. The fourth-order valence-electron chi connectivity index (χ4n) is 2.29. The molecule has 0 spiro atoms. The Hall–Kier alpha value is -2.49. The van der Waals surface area contributed by atoms with E-state index in [0.29, 0.717) is 5.75 Å². The minimum absolute atomic E-state index is 0.0198. The Labute approximate surface area is 143 Å². The van der Waals surface area contributed by atoms with E-state index in [2.05, 4.69) is 18.3 Å². The minimum Gasteiger partial charge on any atom is -0.491 e. The summed E-state index contributed by atoms with van der Waals surface area (Å²) >= 11 is 0. The Kier molecular flexibility index (Phi) is 6.24. The van der Waals surface area contributed by atoms with E-state index in [1.807, 2.05) is 57.2 Å². The highest BCUT2D eigenvalue weighted by Crippen LogP contribution is 2.18. The molecule has 2 aromatic carbocycles. The molecule has 0 aliphatic carbocycles. The van der Waals surface area contributed by atoms with Gasteiger partial charge in [0, 0.05) is 5.69 Å². The first-order valence-electron chi connectivity index (χ1n) is 8.24.